The molecule has 0 atom stereocenters. The van der Waals surface area contributed by atoms with Crippen LogP contribution in [0, 0.1) is 5.82 Å². The van der Waals surface area contributed by atoms with Crippen LogP contribution in [0.5, 0.6) is 0 Å². The number of benzene rings is 1. The lowest BCUT2D eigenvalue weighted by Gasteiger charge is -2.17. The Labute approximate surface area is 110 Å². The Balaban J connectivity index is 2.52. The van der Waals surface area contributed by atoms with E-state index in [-0.39, 0.29) is 24.7 Å². The van der Waals surface area contributed by atoms with Gasteiger partial charge in [-0.1, -0.05) is 12.1 Å². The van der Waals surface area contributed by atoms with Gasteiger partial charge in [0.05, 0.1) is 0 Å². The number of nitrogens with one attached hydrogen (secondary N) is 1. The van der Waals surface area contributed by atoms with E-state index in [9.17, 15) is 14.0 Å². The number of hydrogen-bond acceptors (Lipinski definition) is 2. The Kier molecular flexibility index (Phi) is 5.58. The first kappa shape index (κ1) is 14.4. The summed E-state index contributed by atoms with van der Waals surface area (Å²) in [5.41, 5.74) is 0.650. The summed E-state index contributed by atoms with van der Waals surface area (Å²) in [6.45, 7) is 0.220. The Morgan fingerprint density at radius 1 is 1.44 bits per heavy atom. The van der Waals surface area contributed by atoms with Gasteiger partial charge in [-0.2, -0.15) is 0 Å². The van der Waals surface area contributed by atoms with E-state index in [2.05, 4.69) is 5.32 Å². The van der Waals surface area contributed by atoms with Gasteiger partial charge in [0.15, 0.2) is 0 Å². The van der Waals surface area contributed by atoms with Crippen LogP contribution in [0.2, 0.25) is 0 Å². The zero-order valence-electron chi connectivity index (χ0n) is 9.95. The molecule has 0 aliphatic heterocycles. The molecule has 0 unspecified atom stereocenters. The van der Waals surface area contributed by atoms with Crippen LogP contribution in [0.1, 0.15) is 12.0 Å². The van der Waals surface area contributed by atoms with E-state index >= 15 is 0 Å². The van der Waals surface area contributed by atoms with Crippen molar-refractivity contribution < 1.29 is 14.0 Å². The Bertz CT molecular complexity index is 440. The molecular weight excluding hydrogens is 259 g/mol. The van der Waals surface area contributed by atoms with E-state index in [4.69, 9.17) is 11.6 Å². The van der Waals surface area contributed by atoms with Gasteiger partial charge in [-0.05, 0) is 17.7 Å². The highest BCUT2D eigenvalue weighted by Crippen LogP contribution is 2.06. The van der Waals surface area contributed by atoms with Crippen LogP contribution in [0.4, 0.5) is 9.18 Å². The average molecular weight is 273 g/mol. The maximum absolute atomic E-state index is 12.9. The average Bonchev–Trinajstić information content (AvgIpc) is 2.29. The summed E-state index contributed by atoms with van der Waals surface area (Å²) < 4.78 is 12.9. The molecule has 4 nitrogen and oxygen atoms in total. The number of halogens is 2. The molecule has 0 aliphatic carbocycles. The molecule has 18 heavy (non-hydrogen) atoms. The second-order valence-electron chi connectivity index (χ2n) is 3.78. The lowest BCUT2D eigenvalue weighted by molar-refractivity contribution is -0.119. The molecule has 3 amide bonds. The first-order chi connectivity index (χ1) is 8.52. The largest absolute Gasteiger partial charge is 0.324 e. The van der Waals surface area contributed by atoms with E-state index in [0.29, 0.717) is 5.56 Å². The van der Waals surface area contributed by atoms with Crippen LogP contribution >= 0.6 is 11.6 Å². The van der Waals surface area contributed by atoms with Crippen molar-refractivity contribution in [2.45, 2.75) is 13.0 Å². The summed E-state index contributed by atoms with van der Waals surface area (Å²) in [7, 11) is 1.52. The van der Waals surface area contributed by atoms with Crippen LogP contribution in [-0.2, 0) is 11.3 Å². The number of urea groups is 1. The molecule has 0 spiro atoms. The monoisotopic (exact) mass is 272 g/mol. The van der Waals surface area contributed by atoms with Gasteiger partial charge in [0, 0.05) is 25.9 Å². The third-order valence-corrected chi connectivity index (χ3v) is 2.41. The first-order valence-corrected chi connectivity index (χ1v) is 5.91. The van der Waals surface area contributed by atoms with Gasteiger partial charge in [-0.25, -0.2) is 9.18 Å². The molecule has 0 bridgehead atoms. The molecule has 0 saturated heterocycles. The van der Waals surface area contributed by atoms with Crippen molar-refractivity contribution in [3.8, 4) is 0 Å². The van der Waals surface area contributed by atoms with Gasteiger partial charge in [0.1, 0.15) is 5.82 Å². The minimum Gasteiger partial charge on any atom is -0.323 e. The molecule has 1 N–H and O–H groups in total. The third-order valence-electron chi connectivity index (χ3n) is 2.22. The quantitative estimate of drug-likeness (QED) is 0.854. The number of rotatable bonds is 4. The van der Waals surface area contributed by atoms with Crippen LogP contribution in [0.15, 0.2) is 24.3 Å². The summed E-state index contributed by atoms with van der Waals surface area (Å²) in [6, 6.07) is 5.40. The number of nitrogens with zero attached hydrogens (tertiary/aromatic N) is 1. The van der Waals surface area contributed by atoms with Gasteiger partial charge in [0.2, 0.25) is 5.91 Å². The normalized spacial score (nSPS) is 9.94. The van der Waals surface area contributed by atoms with Gasteiger partial charge in [0.25, 0.3) is 0 Å². The fourth-order valence-electron chi connectivity index (χ4n) is 1.34. The highest BCUT2D eigenvalue weighted by molar-refractivity contribution is 6.19. The summed E-state index contributed by atoms with van der Waals surface area (Å²) in [5, 5.41) is 2.19. The van der Waals surface area contributed by atoms with Crippen molar-refractivity contribution in [3.05, 3.63) is 35.6 Å². The number of alkyl halides is 1. The molecule has 0 saturated carbocycles. The molecule has 0 radical (unpaired) electrons. The van der Waals surface area contributed by atoms with Crippen molar-refractivity contribution >= 4 is 23.5 Å². The Hall–Kier alpha value is -1.62. The molecule has 0 fully saturated rings. The molecule has 0 aliphatic rings. The molecule has 1 aromatic rings. The molecular formula is C12H14ClFN2O2. The van der Waals surface area contributed by atoms with Crippen molar-refractivity contribution in [2.24, 2.45) is 0 Å². The predicted octanol–water partition coefficient (Wildman–Crippen LogP) is 2.12. The zero-order chi connectivity index (χ0) is 13.5. The SMILES string of the molecule is CN(Cc1cccc(F)c1)C(=O)NC(=O)CCCl. The molecule has 0 aromatic heterocycles. The van der Waals surface area contributed by atoms with E-state index in [1.54, 1.807) is 12.1 Å². The molecule has 0 heterocycles. The highest BCUT2D eigenvalue weighted by atomic mass is 35.5. The summed E-state index contributed by atoms with van der Waals surface area (Å²) in [4.78, 5) is 24.0. The number of hydrogen-bond donors (Lipinski definition) is 1. The molecule has 98 valence electrons. The predicted molar refractivity (Wildman–Crippen MR) is 66.7 cm³/mol. The standard InChI is InChI=1S/C12H14ClFN2O2/c1-16(12(18)15-11(17)5-6-13)8-9-3-2-4-10(14)7-9/h2-4,7H,5-6,8H2,1H3,(H,15,17,18). The second kappa shape index (κ2) is 6.96. The van der Waals surface area contributed by atoms with Crippen LogP contribution in [-0.4, -0.2) is 29.8 Å². The lowest BCUT2D eigenvalue weighted by Crippen LogP contribution is -2.40. The molecule has 6 heteroatoms. The van der Waals surface area contributed by atoms with Crippen LogP contribution < -0.4 is 5.32 Å². The maximum Gasteiger partial charge on any atom is 0.324 e. The van der Waals surface area contributed by atoms with E-state index in [0.717, 1.165) is 0 Å². The van der Waals surface area contributed by atoms with Crippen molar-refractivity contribution in [1.82, 2.24) is 10.2 Å². The second-order valence-corrected chi connectivity index (χ2v) is 4.16. The van der Waals surface area contributed by atoms with Crippen LogP contribution in [0.25, 0.3) is 0 Å². The fraction of sp³-hybridized carbons (Fsp3) is 0.333. The number of amides is 3. The third kappa shape index (κ3) is 4.71. The van der Waals surface area contributed by atoms with Gasteiger partial charge in [-0.15, -0.1) is 11.6 Å². The molecule has 1 rings (SSSR count). The topological polar surface area (TPSA) is 49.4 Å². The summed E-state index contributed by atoms with van der Waals surface area (Å²) >= 11 is 5.38. The minimum absolute atomic E-state index is 0.0844. The van der Waals surface area contributed by atoms with Crippen LogP contribution in [0.3, 0.4) is 0 Å². The van der Waals surface area contributed by atoms with E-state index < -0.39 is 11.9 Å². The Morgan fingerprint density at radius 2 is 2.17 bits per heavy atom. The summed E-state index contributed by atoms with van der Waals surface area (Å²) in [6.07, 6.45) is 0.0844. The van der Waals surface area contributed by atoms with Gasteiger partial charge >= 0.3 is 6.03 Å². The number of carbonyl (C=O) groups is 2. The smallest absolute Gasteiger partial charge is 0.323 e. The first-order valence-electron chi connectivity index (χ1n) is 5.38. The van der Waals surface area contributed by atoms with E-state index in [1.165, 1.54) is 24.1 Å². The maximum atomic E-state index is 12.9. The highest BCUT2D eigenvalue weighted by Gasteiger charge is 2.12. The zero-order valence-corrected chi connectivity index (χ0v) is 10.7. The number of carbonyl (C=O) groups excluding carboxylic acids is 2. The van der Waals surface area contributed by atoms with Crippen molar-refractivity contribution in [2.75, 3.05) is 12.9 Å². The fourth-order valence-corrected chi connectivity index (χ4v) is 1.52. The molecule has 1 aromatic carbocycles. The van der Waals surface area contributed by atoms with E-state index in [1.807, 2.05) is 0 Å². The van der Waals surface area contributed by atoms with Crippen molar-refractivity contribution in [3.63, 3.8) is 0 Å². The number of imide groups is 1. The van der Waals surface area contributed by atoms with Gasteiger partial charge < -0.3 is 4.90 Å². The Morgan fingerprint density at radius 3 is 2.78 bits per heavy atom. The van der Waals surface area contributed by atoms with Gasteiger partial charge in [-0.3, -0.25) is 10.1 Å². The minimum atomic E-state index is -0.533. The lowest BCUT2D eigenvalue weighted by atomic mass is 10.2. The van der Waals surface area contributed by atoms with Crippen molar-refractivity contribution in [1.29, 1.82) is 0 Å². The summed E-state index contributed by atoms with van der Waals surface area (Å²) in [5.74, 6) is -0.632.